The lowest BCUT2D eigenvalue weighted by molar-refractivity contribution is -0.149. The Labute approximate surface area is 104 Å². The molecule has 2 aliphatic rings. The van der Waals surface area contributed by atoms with Crippen LogP contribution >= 0.6 is 0 Å². The molecule has 2 amide bonds. The van der Waals surface area contributed by atoms with Crippen molar-refractivity contribution in [3.63, 3.8) is 0 Å². The molecule has 0 spiro atoms. The molecule has 0 aliphatic carbocycles. The van der Waals surface area contributed by atoms with Crippen LogP contribution in [0, 0.1) is 0 Å². The van der Waals surface area contributed by atoms with Crippen LogP contribution in [0.5, 0.6) is 0 Å². The maximum Gasteiger partial charge on any atom is 0.326 e. The molecule has 100 valence electrons. The highest BCUT2D eigenvalue weighted by Gasteiger charge is 2.39. The molecule has 2 atom stereocenters. The van der Waals surface area contributed by atoms with E-state index < -0.39 is 24.0 Å². The van der Waals surface area contributed by atoms with Crippen LogP contribution < -0.4 is 0 Å². The summed E-state index contributed by atoms with van der Waals surface area (Å²) >= 11 is 0. The predicted molar refractivity (Wildman–Crippen MR) is 59.6 cm³/mol. The van der Waals surface area contributed by atoms with Crippen molar-refractivity contribution in [1.82, 2.24) is 9.80 Å². The van der Waals surface area contributed by atoms with Crippen molar-refractivity contribution in [1.29, 1.82) is 0 Å². The van der Waals surface area contributed by atoms with Crippen molar-refractivity contribution in [2.45, 2.75) is 31.4 Å². The topological polar surface area (TPSA) is 98.2 Å². The van der Waals surface area contributed by atoms with Crippen LogP contribution in [0.3, 0.4) is 0 Å². The first-order valence-electron chi connectivity index (χ1n) is 5.97. The summed E-state index contributed by atoms with van der Waals surface area (Å²) in [7, 11) is 0. The minimum Gasteiger partial charge on any atom is -0.480 e. The molecule has 0 bridgehead atoms. The average molecular weight is 256 g/mol. The molecular weight excluding hydrogens is 240 g/mol. The van der Waals surface area contributed by atoms with Gasteiger partial charge >= 0.3 is 5.97 Å². The fraction of sp³-hybridized carbons (Fsp3) is 0.727. The van der Waals surface area contributed by atoms with E-state index >= 15 is 0 Å². The summed E-state index contributed by atoms with van der Waals surface area (Å²) in [5.74, 6) is -1.60. The number of carboxylic acids is 1. The molecule has 2 heterocycles. The Morgan fingerprint density at radius 1 is 1.39 bits per heavy atom. The van der Waals surface area contributed by atoms with Crippen LogP contribution in [-0.2, 0) is 14.4 Å². The van der Waals surface area contributed by atoms with Gasteiger partial charge < -0.3 is 20.0 Å². The first-order chi connectivity index (χ1) is 8.49. The minimum atomic E-state index is -1.12. The zero-order chi connectivity index (χ0) is 13.3. The Hall–Kier alpha value is -1.63. The first kappa shape index (κ1) is 12.8. The molecule has 7 nitrogen and oxygen atoms in total. The molecule has 0 aromatic rings. The number of amides is 2. The third kappa shape index (κ3) is 2.45. The molecule has 2 fully saturated rings. The summed E-state index contributed by atoms with van der Waals surface area (Å²) in [6.45, 7) is 0.478. The second-order valence-electron chi connectivity index (χ2n) is 4.71. The second kappa shape index (κ2) is 4.93. The highest BCUT2D eigenvalue weighted by atomic mass is 16.4. The summed E-state index contributed by atoms with van der Waals surface area (Å²) in [6.07, 6.45) is 0.425. The van der Waals surface area contributed by atoms with Gasteiger partial charge in [-0.05, 0) is 6.42 Å². The number of carbonyl (C=O) groups excluding carboxylic acids is 2. The largest absolute Gasteiger partial charge is 0.480 e. The average Bonchev–Trinajstić information content (AvgIpc) is 2.86. The molecule has 2 aliphatic heterocycles. The van der Waals surface area contributed by atoms with E-state index in [1.54, 1.807) is 0 Å². The number of aliphatic hydroxyl groups is 1. The normalized spacial score (nSPS) is 27.9. The van der Waals surface area contributed by atoms with Crippen LogP contribution in [0.1, 0.15) is 19.3 Å². The molecule has 0 saturated carbocycles. The van der Waals surface area contributed by atoms with Gasteiger partial charge in [0.25, 0.3) is 0 Å². The summed E-state index contributed by atoms with van der Waals surface area (Å²) in [5.41, 5.74) is 0. The van der Waals surface area contributed by atoms with Gasteiger partial charge in [-0.2, -0.15) is 0 Å². The van der Waals surface area contributed by atoms with E-state index in [9.17, 15) is 19.5 Å². The van der Waals surface area contributed by atoms with Gasteiger partial charge in [-0.1, -0.05) is 0 Å². The van der Waals surface area contributed by atoms with E-state index in [1.807, 2.05) is 0 Å². The maximum atomic E-state index is 12.0. The monoisotopic (exact) mass is 256 g/mol. The third-order valence-electron chi connectivity index (χ3n) is 3.38. The SMILES string of the molecule is O=C(O)[C@@H]1CC(O)CN1C(=O)CN1CCCC1=O. The fourth-order valence-electron chi connectivity index (χ4n) is 2.45. The van der Waals surface area contributed by atoms with Crippen molar-refractivity contribution in [3.05, 3.63) is 0 Å². The Bertz CT molecular complexity index is 384. The zero-order valence-corrected chi connectivity index (χ0v) is 9.91. The number of hydrogen-bond donors (Lipinski definition) is 2. The Balaban J connectivity index is 1.99. The van der Waals surface area contributed by atoms with Crippen molar-refractivity contribution in [2.24, 2.45) is 0 Å². The third-order valence-corrected chi connectivity index (χ3v) is 3.38. The van der Waals surface area contributed by atoms with Gasteiger partial charge in [-0.3, -0.25) is 9.59 Å². The van der Waals surface area contributed by atoms with Crippen molar-refractivity contribution < 1.29 is 24.6 Å². The number of rotatable bonds is 3. The molecule has 18 heavy (non-hydrogen) atoms. The lowest BCUT2D eigenvalue weighted by atomic mass is 10.2. The van der Waals surface area contributed by atoms with Gasteiger partial charge in [0.15, 0.2) is 0 Å². The molecule has 0 aromatic heterocycles. The summed E-state index contributed by atoms with van der Waals surface area (Å²) in [6, 6.07) is -0.981. The quantitative estimate of drug-likeness (QED) is 0.651. The van der Waals surface area contributed by atoms with E-state index in [1.165, 1.54) is 4.90 Å². The second-order valence-corrected chi connectivity index (χ2v) is 4.71. The molecule has 2 saturated heterocycles. The molecule has 0 aromatic carbocycles. The Morgan fingerprint density at radius 2 is 2.11 bits per heavy atom. The van der Waals surface area contributed by atoms with Gasteiger partial charge in [0.05, 0.1) is 12.6 Å². The number of β-amino-alcohol motifs (C(OH)–C–C–N with tert-alkyl or cyclic N) is 1. The van der Waals surface area contributed by atoms with Gasteiger partial charge in [-0.15, -0.1) is 0 Å². The molecule has 2 N–H and O–H groups in total. The predicted octanol–water partition coefficient (Wildman–Crippen LogP) is -1.34. The van der Waals surface area contributed by atoms with E-state index in [-0.39, 0.29) is 25.4 Å². The Morgan fingerprint density at radius 3 is 2.67 bits per heavy atom. The van der Waals surface area contributed by atoms with Crippen molar-refractivity contribution in [3.8, 4) is 0 Å². The zero-order valence-electron chi connectivity index (χ0n) is 9.91. The van der Waals surface area contributed by atoms with Crippen molar-refractivity contribution >= 4 is 17.8 Å². The van der Waals surface area contributed by atoms with E-state index in [2.05, 4.69) is 0 Å². The number of nitrogens with zero attached hydrogens (tertiary/aromatic N) is 2. The highest BCUT2D eigenvalue weighted by Crippen LogP contribution is 2.19. The standard InChI is InChI=1S/C11H16N2O5/c14-7-4-8(11(17)18)13(5-7)10(16)6-12-3-1-2-9(12)15/h7-8,14H,1-6H2,(H,17,18)/t7?,8-/m0/s1. The van der Waals surface area contributed by atoms with E-state index in [0.29, 0.717) is 13.0 Å². The number of likely N-dealkylation sites (tertiary alicyclic amines) is 2. The summed E-state index contributed by atoms with van der Waals surface area (Å²) < 4.78 is 0. The number of carbonyl (C=O) groups is 3. The van der Waals surface area contributed by atoms with Gasteiger partial charge in [0, 0.05) is 25.9 Å². The lowest BCUT2D eigenvalue weighted by Gasteiger charge is -2.24. The van der Waals surface area contributed by atoms with Crippen LogP contribution in [0.4, 0.5) is 0 Å². The van der Waals surface area contributed by atoms with Crippen LogP contribution in [0.25, 0.3) is 0 Å². The van der Waals surface area contributed by atoms with Gasteiger partial charge in [0.2, 0.25) is 11.8 Å². The molecular formula is C11H16N2O5. The number of aliphatic hydroxyl groups excluding tert-OH is 1. The highest BCUT2D eigenvalue weighted by molar-refractivity contribution is 5.89. The molecule has 7 heteroatoms. The number of hydrogen-bond acceptors (Lipinski definition) is 4. The Kier molecular flexibility index (Phi) is 3.51. The van der Waals surface area contributed by atoms with Crippen molar-refractivity contribution in [2.75, 3.05) is 19.6 Å². The van der Waals surface area contributed by atoms with Crippen LogP contribution in [0.15, 0.2) is 0 Å². The van der Waals surface area contributed by atoms with E-state index in [4.69, 9.17) is 5.11 Å². The fourth-order valence-corrected chi connectivity index (χ4v) is 2.45. The van der Waals surface area contributed by atoms with Crippen LogP contribution in [0.2, 0.25) is 0 Å². The summed E-state index contributed by atoms with van der Waals surface area (Å²) in [4.78, 5) is 36.9. The molecule has 2 rings (SSSR count). The first-order valence-corrected chi connectivity index (χ1v) is 5.97. The van der Waals surface area contributed by atoms with Gasteiger partial charge in [0.1, 0.15) is 6.04 Å². The maximum absolute atomic E-state index is 12.0. The van der Waals surface area contributed by atoms with E-state index in [0.717, 1.165) is 11.3 Å². The van der Waals surface area contributed by atoms with Gasteiger partial charge in [-0.25, -0.2) is 4.79 Å². The number of aliphatic carboxylic acids is 1. The smallest absolute Gasteiger partial charge is 0.326 e. The minimum absolute atomic E-state index is 0.0256. The number of carboxylic acid groups (broad SMARTS) is 1. The lowest BCUT2D eigenvalue weighted by Crippen LogP contribution is -2.46. The summed E-state index contributed by atoms with van der Waals surface area (Å²) in [5, 5.41) is 18.4. The van der Waals surface area contributed by atoms with Crippen LogP contribution in [-0.4, -0.2) is 69.6 Å². The molecule has 1 unspecified atom stereocenters. The molecule has 0 radical (unpaired) electrons.